The molecule has 0 bridgehead atoms. The number of aromatic nitrogens is 4. The number of hydrogen-bond acceptors (Lipinski definition) is 4. The van der Waals surface area contributed by atoms with Crippen LogP contribution < -0.4 is 5.32 Å². The Hall–Kier alpha value is -3.42. The van der Waals surface area contributed by atoms with E-state index in [1.54, 1.807) is 12.3 Å². The summed E-state index contributed by atoms with van der Waals surface area (Å²) in [7, 11) is 0. The van der Waals surface area contributed by atoms with E-state index in [1.807, 2.05) is 58.4 Å². The molecule has 0 unspecified atom stereocenters. The summed E-state index contributed by atoms with van der Waals surface area (Å²) < 4.78 is 3.73. The molecule has 1 fully saturated rings. The van der Waals surface area contributed by atoms with Crippen molar-refractivity contribution in [1.29, 1.82) is 0 Å². The Morgan fingerprint density at radius 1 is 1.07 bits per heavy atom. The molecule has 8 nitrogen and oxygen atoms in total. The van der Waals surface area contributed by atoms with Gasteiger partial charge in [0.1, 0.15) is 5.82 Å². The molecule has 3 heterocycles. The molecule has 3 aromatic rings. The molecular weight excluding hydrogens is 380 g/mol. The average Bonchev–Trinajstić information content (AvgIpc) is 3.32. The summed E-state index contributed by atoms with van der Waals surface area (Å²) in [5, 5.41) is 11.7. The molecule has 4 rings (SSSR count). The minimum Gasteiger partial charge on any atom is -0.338 e. The number of piperidine rings is 1. The third-order valence-electron chi connectivity index (χ3n) is 5.44. The van der Waals surface area contributed by atoms with Crippen molar-refractivity contribution in [2.75, 3.05) is 18.4 Å². The summed E-state index contributed by atoms with van der Waals surface area (Å²) in [5.41, 5.74) is 3.65. The number of benzene rings is 1. The second kappa shape index (κ2) is 8.14. The van der Waals surface area contributed by atoms with E-state index in [0.717, 1.165) is 29.9 Å². The van der Waals surface area contributed by atoms with Crippen molar-refractivity contribution in [3.8, 4) is 5.69 Å². The molecule has 156 valence electrons. The Morgan fingerprint density at radius 2 is 1.77 bits per heavy atom. The van der Waals surface area contributed by atoms with Gasteiger partial charge in [-0.1, -0.05) is 0 Å². The highest BCUT2D eigenvalue weighted by Gasteiger charge is 2.26. The molecule has 0 atom stereocenters. The van der Waals surface area contributed by atoms with E-state index >= 15 is 0 Å². The number of nitrogens with one attached hydrogen (secondary N) is 1. The van der Waals surface area contributed by atoms with E-state index < -0.39 is 0 Å². The van der Waals surface area contributed by atoms with Gasteiger partial charge in [0.25, 0.3) is 5.91 Å². The van der Waals surface area contributed by atoms with Gasteiger partial charge in [0.05, 0.1) is 23.6 Å². The van der Waals surface area contributed by atoms with Gasteiger partial charge in [0.15, 0.2) is 0 Å². The second-order valence-corrected chi connectivity index (χ2v) is 7.75. The number of likely N-dealkylation sites (tertiary alicyclic amines) is 1. The molecular formula is C22H26N6O2. The van der Waals surface area contributed by atoms with Crippen LogP contribution in [-0.2, 0) is 4.79 Å². The fourth-order valence-electron chi connectivity index (χ4n) is 4.02. The number of carbonyl (C=O) groups excluding carboxylic acids is 2. The van der Waals surface area contributed by atoms with Crippen LogP contribution in [0, 0.1) is 13.8 Å². The van der Waals surface area contributed by atoms with Gasteiger partial charge in [0, 0.05) is 37.3 Å². The number of amides is 2. The second-order valence-electron chi connectivity index (χ2n) is 7.75. The average molecular weight is 406 g/mol. The van der Waals surface area contributed by atoms with Gasteiger partial charge in [-0.3, -0.25) is 9.59 Å². The fraction of sp³-hybridized carbons (Fsp3) is 0.364. The van der Waals surface area contributed by atoms with Crippen molar-refractivity contribution in [2.45, 2.75) is 39.7 Å². The van der Waals surface area contributed by atoms with Gasteiger partial charge in [0.2, 0.25) is 5.91 Å². The summed E-state index contributed by atoms with van der Waals surface area (Å²) in [6, 6.07) is 11.6. The third-order valence-corrected chi connectivity index (χ3v) is 5.44. The maximum atomic E-state index is 12.9. The first-order valence-corrected chi connectivity index (χ1v) is 10.2. The highest BCUT2D eigenvalue weighted by Crippen LogP contribution is 2.26. The molecule has 2 aromatic heterocycles. The normalized spacial score (nSPS) is 14.7. The number of hydrogen-bond donors (Lipinski definition) is 1. The van der Waals surface area contributed by atoms with E-state index in [9.17, 15) is 9.59 Å². The lowest BCUT2D eigenvalue weighted by Crippen LogP contribution is -2.39. The first kappa shape index (κ1) is 19.9. The van der Waals surface area contributed by atoms with E-state index in [-0.39, 0.29) is 17.9 Å². The van der Waals surface area contributed by atoms with Crippen molar-refractivity contribution in [2.24, 2.45) is 0 Å². The molecule has 1 aliphatic rings. The van der Waals surface area contributed by atoms with Gasteiger partial charge in [-0.05, 0) is 57.0 Å². The quantitative estimate of drug-likeness (QED) is 0.721. The predicted octanol–water partition coefficient (Wildman–Crippen LogP) is 3.12. The molecule has 1 saturated heterocycles. The summed E-state index contributed by atoms with van der Waals surface area (Å²) in [6.07, 6.45) is 3.28. The molecule has 0 aliphatic carbocycles. The number of carbonyl (C=O) groups is 2. The monoisotopic (exact) mass is 406 g/mol. The van der Waals surface area contributed by atoms with Crippen molar-refractivity contribution in [3.63, 3.8) is 0 Å². The highest BCUT2D eigenvalue weighted by atomic mass is 16.2. The summed E-state index contributed by atoms with van der Waals surface area (Å²) in [4.78, 5) is 26.2. The molecule has 0 spiro atoms. The molecule has 1 aromatic carbocycles. The Kier molecular flexibility index (Phi) is 5.39. The van der Waals surface area contributed by atoms with Gasteiger partial charge >= 0.3 is 0 Å². The van der Waals surface area contributed by atoms with E-state index in [0.29, 0.717) is 24.5 Å². The lowest BCUT2D eigenvalue weighted by molar-refractivity contribution is -0.114. The Morgan fingerprint density at radius 3 is 2.37 bits per heavy atom. The number of nitrogens with zero attached hydrogens (tertiary/aromatic N) is 5. The van der Waals surface area contributed by atoms with Crippen LogP contribution in [0.1, 0.15) is 47.6 Å². The third kappa shape index (κ3) is 3.98. The van der Waals surface area contributed by atoms with Gasteiger partial charge < -0.3 is 10.2 Å². The number of aryl methyl sites for hydroxylation is 2. The van der Waals surface area contributed by atoms with Crippen molar-refractivity contribution in [1.82, 2.24) is 24.5 Å². The van der Waals surface area contributed by atoms with Gasteiger partial charge in [-0.15, -0.1) is 0 Å². The Labute approximate surface area is 175 Å². The highest BCUT2D eigenvalue weighted by molar-refractivity contribution is 5.94. The maximum absolute atomic E-state index is 12.9. The van der Waals surface area contributed by atoms with Crippen molar-refractivity contribution < 1.29 is 9.59 Å². The molecule has 2 amide bonds. The van der Waals surface area contributed by atoms with Crippen molar-refractivity contribution >= 4 is 17.6 Å². The first-order valence-electron chi connectivity index (χ1n) is 10.2. The Balaban J connectivity index is 1.40. The van der Waals surface area contributed by atoms with Crippen LogP contribution >= 0.6 is 0 Å². The van der Waals surface area contributed by atoms with Crippen LogP contribution in [0.4, 0.5) is 5.82 Å². The predicted molar refractivity (Wildman–Crippen MR) is 114 cm³/mol. The van der Waals surface area contributed by atoms with Gasteiger partial charge in [-0.2, -0.15) is 10.2 Å². The van der Waals surface area contributed by atoms with Crippen LogP contribution in [-0.4, -0.2) is 49.4 Å². The minimum absolute atomic E-state index is 0.0379. The molecule has 0 saturated carbocycles. The number of anilines is 1. The molecule has 1 aliphatic heterocycles. The summed E-state index contributed by atoms with van der Waals surface area (Å²) >= 11 is 0. The molecule has 0 radical (unpaired) electrons. The van der Waals surface area contributed by atoms with Crippen LogP contribution in [0.3, 0.4) is 0 Å². The number of rotatable bonds is 4. The van der Waals surface area contributed by atoms with E-state index in [2.05, 4.69) is 15.5 Å². The first-order chi connectivity index (χ1) is 14.4. The topological polar surface area (TPSA) is 85.0 Å². The molecule has 1 N–H and O–H groups in total. The molecule has 30 heavy (non-hydrogen) atoms. The SMILES string of the molecule is CC(=O)Nc1ccnn1C1CCN(C(=O)c2ccc(-n3nc(C)cc3C)cc2)CC1. The van der Waals surface area contributed by atoms with Gasteiger partial charge in [-0.25, -0.2) is 9.36 Å². The summed E-state index contributed by atoms with van der Waals surface area (Å²) in [5.74, 6) is 0.621. The zero-order chi connectivity index (χ0) is 21.3. The van der Waals surface area contributed by atoms with E-state index in [1.165, 1.54) is 6.92 Å². The fourth-order valence-corrected chi connectivity index (χ4v) is 4.02. The smallest absolute Gasteiger partial charge is 0.253 e. The zero-order valence-electron chi connectivity index (χ0n) is 17.5. The zero-order valence-corrected chi connectivity index (χ0v) is 17.5. The van der Waals surface area contributed by atoms with Crippen LogP contribution in [0.2, 0.25) is 0 Å². The lowest BCUT2D eigenvalue weighted by Gasteiger charge is -2.32. The largest absolute Gasteiger partial charge is 0.338 e. The van der Waals surface area contributed by atoms with Crippen LogP contribution in [0.15, 0.2) is 42.6 Å². The van der Waals surface area contributed by atoms with Crippen molar-refractivity contribution in [3.05, 3.63) is 59.5 Å². The maximum Gasteiger partial charge on any atom is 0.253 e. The van der Waals surface area contributed by atoms with Crippen LogP contribution in [0.5, 0.6) is 0 Å². The summed E-state index contributed by atoms with van der Waals surface area (Å²) in [6.45, 7) is 6.77. The Bertz CT molecular complexity index is 1060. The standard InChI is InChI=1S/C22H26N6O2/c1-15-14-16(2)27(25-15)19-6-4-18(5-7-19)22(30)26-12-9-20(10-13-26)28-21(8-11-23-28)24-17(3)29/h4-8,11,14,20H,9-10,12-13H2,1-3H3,(H,24,29). The minimum atomic E-state index is -0.117. The molecule has 8 heteroatoms. The van der Waals surface area contributed by atoms with E-state index in [4.69, 9.17) is 0 Å². The van der Waals surface area contributed by atoms with Crippen LogP contribution in [0.25, 0.3) is 5.69 Å². The lowest BCUT2D eigenvalue weighted by atomic mass is 10.0.